The molecule has 0 aliphatic heterocycles. The molecular weight excluding hydrogens is 252 g/mol. The quantitative estimate of drug-likeness (QED) is 0.798. The summed E-state index contributed by atoms with van der Waals surface area (Å²) >= 11 is 0. The maximum Gasteiger partial charge on any atom is 0.303 e. The van der Waals surface area contributed by atoms with Crippen molar-refractivity contribution < 1.29 is 9.90 Å². The molecule has 112 valence electrons. The molecule has 0 radical (unpaired) electrons. The Balaban J connectivity index is 2.50. The molecule has 4 heteroatoms. The van der Waals surface area contributed by atoms with E-state index in [1.54, 1.807) is 6.20 Å². The second-order valence-corrected chi connectivity index (χ2v) is 6.40. The summed E-state index contributed by atoms with van der Waals surface area (Å²) in [6.45, 7) is 9.42. The largest absolute Gasteiger partial charge is 0.481 e. The van der Waals surface area contributed by atoms with Crippen LogP contribution in [-0.4, -0.2) is 22.6 Å². The van der Waals surface area contributed by atoms with Gasteiger partial charge in [-0.05, 0) is 42.7 Å². The molecule has 0 aliphatic rings. The van der Waals surface area contributed by atoms with Crippen molar-refractivity contribution in [1.29, 1.82) is 0 Å². The van der Waals surface area contributed by atoms with Crippen molar-refractivity contribution >= 4 is 11.7 Å². The average molecular weight is 278 g/mol. The summed E-state index contributed by atoms with van der Waals surface area (Å²) in [6.07, 6.45) is 5.57. The molecule has 0 spiro atoms. The van der Waals surface area contributed by atoms with E-state index in [1.807, 2.05) is 19.2 Å². The highest BCUT2D eigenvalue weighted by Crippen LogP contribution is 2.32. The number of aryl methyl sites for hydroxylation is 1. The third-order valence-corrected chi connectivity index (χ3v) is 3.76. The van der Waals surface area contributed by atoms with Crippen LogP contribution in [0.15, 0.2) is 18.5 Å². The van der Waals surface area contributed by atoms with Gasteiger partial charge in [0.15, 0.2) is 0 Å². The second kappa shape index (κ2) is 7.27. The fraction of sp³-hybridized carbons (Fsp3) is 0.625. The minimum absolute atomic E-state index is 0.129. The lowest BCUT2D eigenvalue weighted by molar-refractivity contribution is -0.137. The van der Waals surface area contributed by atoms with Crippen molar-refractivity contribution in [3.63, 3.8) is 0 Å². The van der Waals surface area contributed by atoms with E-state index in [9.17, 15) is 4.79 Å². The molecule has 1 atom stereocenters. The molecular formula is C16H26N2O2. The number of nitrogens with zero attached hydrogens (tertiary/aromatic N) is 1. The number of hydrogen-bond acceptors (Lipinski definition) is 3. The number of carbonyl (C=O) groups is 1. The molecule has 0 bridgehead atoms. The Kier molecular flexibility index (Phi) is 5.99. The van der Waals surface area contributed by atoms with Crippen LogP contribution in [0.5, 0.6) is 0 Å². The van der Waals surface area contributed by atoms with Gasteiger partial charge in [0.1, 0.15) is 0 Å². The summed E-state index contributed by atoms with van der Waals surface area (Å²) < 4.78 is 0. The summed E-state index contributed by atoms with van der Waals surface area (Å²) in [5.41, 5.74) is 2.36. The Morgan fingerprint density at radius 2 is 2.10 bits per heavy atom. The molecule has 0 aliphatic carbocycles. The minimum atomic E-state index is -0.711. The number of pyridine rings is 1. The van der Waals surface area contributed by atoms with Crippen LogP contribution in [0, 0.1) is 18.3 Å². The Bertz CT molecular complexity index is 438. The summed E-state index contributed by atoms with van der Waals surface area (Å²) in [5, 5.41) is 12.3. The van der Waals surface area contributed by atoms with E-state index in [4.69, 9.17) is 5.11 Å². The average Bonchev–Trinajstić information content (AvgIpc) is 2.33. The third kappa shape index (κ3) is 5.59. The van der Waals surface area contributed by atoms with Gasteiger partial charge >= 0.3 is 5.97 Å². The van der Waals surface area contributed by atoms with E-state index in [2.05, 4.69) is 31.1 Å². The standard InChI is InChI=1S/C16H26N2O2/c1-12-11-17-9-8-14(12)18-10-7-13(16(2,3)4)5-6-15(19)20/h8-9,11,13H,5-7,10H2,1-4H3,(H,17,18)(H,19,20). The predicted molar refractivity (Wildman–Crippen MR) is 81.9 cm³/mol. The number of aliphatic carboxylic acids is 1. The minimum Gasteiger partial charge on any atom is -0.481 e. The highest BCUT2D eigenvalue weighted by atomic mass is 16.4. The van der Waals surface area contributed by atoms with Gasteiger partial charge in [-0.15, -0.1) is 0 Å². The van der Waals surface area contributed by atoms with Gasteiger partial charge in [-0.2, -0.15) is 0 Å². The SMILES string of the molecule is Cc1cnccc1NCCC(CCC(=O)O)C(C)(C)C. The molecule has 1 aromatic heterocycles. The monoisotopic (exact) mass is 278 g/mol. The molecule has 1 unspecified atom stereocenters. The van der Waals surface area contributed by atoms with Gasteiger partial charge in [0, 0.05) is 31.0 Å². The highest BCUT2D eigenvalue weighted by Gasteiger charge is 2.24. The van der Waals surface area contributed by atoms with Crippen LogP contribution in [0.25, 0.3) is 0 Å². The molecule has 4 nitrogen and oxygen atoms in total. The van der Waals surface area contributed by atoms with Gasteiger partial charge in [-0.25, -0.2) is 0 Å². The third-order valence-electron chi connectivity index (χ3n) is 3.76. The summed E-state index contributed by atoms with van der Waals surface area (Å²) in [7, 11) is 0. The molecule has 0 saturated carbocycles. The van der Waals surface area contributed by atoms with Gasteiger partial charge < -0.3 is 10.4 Å². The van der Waals surface area contributed by atoms with Crippen LogP contribution in [0.2, 0.25) is 0 Å². The van der Waals surface area contributed by atoms with Gasteiger partial charge in [0.2, 0.25) is 0 Å². The van der Waals surface area contributed by atoms with Crippen LogP contribution in [-0.2, 0) is 4.79 Å². The van der Waals surface area contributed by atoms with Crippen molar-refractivity contribution in [2.45, 2.75) is 47.0 Å². The van der Waals surface area contributed by atoms with E-state index in [-0.39, 0.29) is 11.8 Å². The van der Waals surface area contributed by atoms with Crippen molar-refractivity contribution in [3.05, 3.63) is 24.0 Å². The Morgan fingerprint density at radius 1 is 1.40 bits per heavy atom. The molecule has 1 heterocycles. The Morgan fingerprint density at radius 3 is 2.65 bits per heavy atom. The number of anilines is 1. The molecule has 0 fully saturated rings. The zero-order valence-electron chi connectivity index (χ0n) is 12.9. The first-order valence-corrected chi connectivity index (χ1v) is 7.17. The first-order chi connectivity index (χ1) is 9.30. The smallest absolute Gasteiger partial charge is 0.303 e. The van der Waals surface area contributed by atoms with E-state index in [0.717, 1.165) is 30.6 Å². The normalized spacial score (nSPS) is 13.0. The lowest BCUT2D eigenvalue weighted by Gasteiger charge is -2.30. The van der Waals surface area contributed by atoms with Gasteiger partial charge in [0.05, 0.1) is 0 Å². The van der Waals surface area contributed by atoms with Crippen molar-refractivity contribution in [2.75, 3.05) is 11.9 Å². The van der Waals surface area contributed by atoms with E-state index in [0.29, 0.717) is 5.92 Å². The first kappa shape index (κ1) is 16.5. The first-order valence-electron chi connectivity index (χ1n) is 7.17. The lowest BCUT2D eigenvalue weighted by Crippen LogP contribution is -2.24. The topological polar surface area (TPSA) is 62.2 Å². The zero-order chi connectivity index (χ0) is 15.2. The Labute approximate surface area is 121 Å². The molecule has 0 aromatic carbocycles. The zero-order valence-corrected chi connectivity index (χ0v) is 12.9. The molecule has 1 rings (SSSR count). The van der Waals surface area contributed by atoms with Crippen LogP contribution < -0.4 is 5.32 Å². The maximum absolute atomic E-state index is 10.7. The number of carboxylic acids is 1. The number of nitrogens with one attached hydrogen (secondary N) is 1. The summed E-state index contributed by atoms with van der Waals surface area (Å²) in [6, 6.07) is 1.97. The lowest BCUT2D eigenvalue weighted by atomic mass is 9.76. The summed E-state index contributed by atoms with van der Waals surface area (Å²) in [5.74, 6) is -0.314. The summed E-state index contributed by atoms with van der Waals surface area (Å²) in [4.78, 5) is 14.8. The van der Waals surface area contributed by atoms with Crippen LogP contribution >= 0.6 is 0 Å². The molecule has 0 saturated heterocycles. The van der Waals surface area contributed by atoms with Crippen LogP contribution in [0.3, 0.4) is 0 Å². The van der Waals surface area contributed by atoms with Gasteiger partial charge in [-0.1, -0.05) is 20.8 Å². The second-order valence-electron chi connectivity index (χ2n) is 6.40. The fourth-order valence-electron chi connectivity index (χ4n) is 2.36. The molecule has 1 aromatic rings. The molecule has 2 N–H and O–H groups in total. The van der Waals surface area contributed by atoms with Crippen LogP contribution in [0.4, 0.5) is 5.69 Å². The highest BCUT2D eigenvalue weighted by molar-refractivity contribution is 5.66. The van der Waals surface area contributed by atoms with Crippen LogP contribution in [0.1, 0.15) is 45.6 Å². The van der Waals surface area contributed by atoms with Gasteiger partial charge in [0.25, 0.3) is 0 Å². The molecule has 0 amide bonds. The van der Waals surface area contributed by atoms with E-state index in [1.165, 1.54) is 0 Å². The fourth-order valence-corrected chi connectivity index (χ4v) is 2.36. The number of hydrogen-bond donors (Lipinski definition) is 2. The van der Waals surface area contributed by atoms with Crippen molar-refractivity contribution in [2.24, 2.45) is 11.3 Å². The molecule has 20 heavy (non-hydrogen) atoms. The number of carboxylic acid groups (broad SMARTS) is 1. The predicted octanol–water partition coefficient (Wildman–Crippen LogP) is 3.72. The van der Waals surface area contributed by atoms with Crippen molar-refractivity contribution in [3.8, 4) is 0 Å². The van der Waals surface area contributed by atoms with E-state index >= 15 is 0 Å². The van der Waals surface area contributed by atoms with Gasteiger partial charge in [-0.3, -0.25) is 9.78 Å². The maximum atomic E-state index is 10.7. The number of aromatic nitrogens is 1. The van der Waals surface area contributed by atoms with E-state index < -0.39 is 5.97 Å². The Hall–Kier alpha value is -1.58. The van der Waals surface area contributed by atoms with Crippen molar-refractivity contribution in [1.82, 2.24) is 4.98 Å². The number of rotatable bonds is 7.